The number of nitrogens with zero attached hydrogens (tertiary/aromatic N) is 3. The molecule has 0 amide bonds. The number of benzene rings is 5. The minimum atomic E-state index is -0.288. The molecule has 0 bridgehead atoms. The summed E-state index contributed by atoms with van der Waals surface area (Å²) in [6.07, 6.45) is 1.59. The van der Waals surface area contributed by atoms with E-state index in [-0.39, 0.29) is 17.7 Å². The Balaban J connectivity index is 1.31. The van der Waals surface area contributed by atoms with Crippen LogP contribution in [0.15, 0.2) is 115 Å². The second-order valence-electron chi connectivity index (χ2n) is 11.2. The third-order valence-corrected chi connectivity index (χ3v) is 8.66. The molecule has 3 nitrogen and oxygen atoms in total. The number of hydrogen-bond acceptors (Lipinski definition) is 3. The largest absolute Gasteiger partial charge is 0.368 e. The Hall–Kier alpha value is -4.50. The molecule has 0 atom stereocenters. The maximum absolute atomic E-state index is 13.8. The zero-order valence-corrected chi connectivity index (χ0v) is 25.0. The van der Waals surface area contributed by atoms with Gasteiger partial charge in [0.1, 0.15) is 17.7 Å². The van der Waals surface area contributed by atoms with Gasteiger partial charge in [-0.05, 0) is 94.8 Å². The first-order chi connectivity index (χ1) is 21.5. The normalized spacial score (nSPS) is 13.7. The van der Waals surface area contributed by atoms with E-state index in [1.807, 2.05) is 42.5 Å². The van der Waals surface area contributed by atoms with Crippen molar-refractivity contribution in [3.05, 3.63) is 160 Å². The Morgan fingerprint density at radius 2 is 1.27 bits per heavy atom. The van der Waals surface area contributed by atoms with Gasteiger partial charge < -0.3 is 4.90 Å². The van der Waals surface area contributed by atoms with Gasteiger partial charge in [0.05, 0.1) is 17.3 Å². The molecule has 5 aromatic rings. The SMILES string of the molecule is N#Cc1c(CCc2ccccc2)cc(-c2ccc(Cl)cc2)cc1N1CCN(C(c2ccc(F)cc2)c2ccc(F)cc2)CC1. The highest BCUT2D eigenvalue weighted by atomic mass is 35.5. The minimum Gasteiger partial charge on any atom is -0.368 e. The Labute approximate surface area is 262 Å². The molecule has 0 N–H and O–H groups in total. The second kappa shape index (κ2) is 13.4. The highest BCUT2D eigenvalue weighted by molar-refractivity contribution is 6.30. The molecule has 0 aliphatic carbocycles. The van der Waals surface area contributed by atoms with Crippen molar-refractivity contribution in [3.63, 3.8) is 0 Å². The van der Waals surface area contributed by atoms with Crippen LogP contribution in [0.2, 0.25) is 5.02 Å². The van der Waals surface area contributed by atoms with Crippen LogP contribution in [-0.2, 0) is 12.8 Å². The van der Waals surface area contributed by atoms with Crippen LogP contribution in [0, 0.1) is 23.0 Å². The van der Waals surface area contributed by atoms with Crippen LogP contribution >= 0.6 is 11.6 Å². The Kier molecular flexibility index (Phi) is 9.02. The lowest BCUT2D eigenvalue weighted by molar-refractivity contribution is 0.212. The van der Waals surface area contributed by atoms with E-state index in [2.05, 4.69) is 40.1 Å². The van der Waals surface area contributed by atoms with E-state index in [0.29, 0.717) is 23.7 Å². The highest BCUT2D eigenvalue weighted by Gasteiger charge is 2.28. The van der Waals surface area contributed by atoms with Crippen molar-refractivity contribution in [2.45, 2.75) is 18.9 Å². The van der Waals surface area contributed by atoms with Crippen LogP contribution in [0.25, 0.3) is 11.1 Å². The summed E-state index contributed by atoms with van der Waals surface area (Å²) < 4.78 is 27.6. The van der Waals surface area contributed by atoms with Crippen molar-refractivity contribution in [1.29, 1.82) is 5.26 Å². The Morgan fingerprint density at radius 3 is 1.84 bits per heavy atom. The number of aryl methyl sites for hydroxylation is 2. The van der Waals surface area contributed by atoms with E-state index >= 15 is 0 Å². The van der Waals surface area contributed by atoms with Gasteiger partial charge in [-0.25, -0.2) is 8.78 Å². The number of halogens is 3. The van der Waals surface area contributed by atoms with Gasteiger partial charge in [-0.15, -0.1) is 0 Å². The van der Waals surface area contributed by atoms with Gasteiger partial charge in [0, 0.05) is 31.2 Å². The molecule has 1 heterocycles. The Morgan fingerprint density at radius 1 is 0.682 bits per heavy atom. The Bertz CT molecular complexity index is 1700. The fraction of sp³-hybridized carbons (Fsp3) is 0.184. The summed E-state index contributed by atoms with van der Waals surface area (Å²) in [6.45, 7) is 2.84. The van der Waals surface area contributed by atoms with Crippen molar-refractivity contribution in [2.75, 3.05) is 31.1 Å². The van der Waals surface area contributed by atoms with Crippen LogP contribution < -0.4 is 4.90 Å². The van der Waals surface area contributed by atoms with Crippen molar-refractivity contribution in [2.24, 2.45) is 0 Å². The molecule has 220 valence electrons. The highest BCUT2D eigenvalue weighted by Crippen LogP contribution is 2.35. The van der Waals surface area contributed by atoms with Gasteiger partial charge in [-0.1, -0.05) is 78.3 Å². The van der Waals surface area contributed by atoms with Crippen LogP contribution in [-0.4, -0.2) is 31.1 Å². The van der Waals surface area contributed by atoms with Gasteiger partial charge in [0.2, 0.25) is 0 Å². The van der Waals surface area contributed by atoms with Gasteiger partial charge >= 0.3 is 0 Å². The fourth-order valence-electron chi connectivity index (χ4n) is 6.12. The molecule has 1 aliphatic heterocycles. The lowest BCUT2D eigenvalue weighted by atomic mass is 9.93. The fourth-order valence-corrected chi connectivity index (χ4v) is 6.25. The third-order valence-electron chi connectivity index (χ3n) is 8.41. The number of piperazine rings is 1. The van der Waals surface area contributed by atoms with Crippen LogP contribution in [0.3, 0.4) is 0 Å². The zero-order valence-electron chi connectivity index (χ0n) is 24.3. The standard InChI is InChI=1S/C38H32ClF2N3/c39-33-14-8-28(9-15-33)32-24-31(7-6-27-4-2-1-3-5-27)36(26-42)37(25-32)43-20-22-44(23-21-43)38(29-10-16-34(40)17-11-29)30-12-18-35(41)19-13-30/h1-5,8-19,24-25,38H,6-7,20-23H2. The molecule has 44 heavy (non-hydrogen) atoms. The van der Waals surface area contributed by atoms with E-state index in [1.165, 1.54) is 29.8 Å². The quantitative estimate of drug-likeness (QED) is 0.177. The van der Waals surface area contributed by atoms with E-state index < -0.39 is 0 Å². The van der Waals surface area contributed by atoms with E-state index in [9.17, 15) is 14.0 Å². The summed E-state index contributed by atoms with van der Waals surface area (Å²) >= 11 is 6.20. The number of hydrogen-bond donors (Lipinski definition) is 0. The van der Waals surface area contributed by atoms with Crippen molar-refractivity contribution in [1.82, 2.24) is 4.90 Å². The number of rotatable bonds is 8. The minimum absolute atomic E-state index is 0.143. The van der Waals surface area contributed by atoms with Gasteiger partial charge in [-0.3, -0.25) is 4.90 Å². The first kappa shape index (κ1) is 29.6. The molecule has 0 saturated carbocycles. The monoisotopic (exact) mass is 603 g/mol. The topological polar surface area (TPSA) is 30.3 Å². The van der Waals surface area contributed by atoms with E-state index in [4.69, 9.17) is 11.6 Å². The van der Waals surface area contributed by atoms with E-state index in [1.54, 1.807) is 24.3 Å². The average molecular weight is 604 g/mol. The van der Waals surface area contributed by atoms with Crippen molar-refractivity contribution < 1.29 is 8.78 Å². The predicted octanol–water partition coefficient (Wildman–Crippen LogP) is 8.85. The van der Waals surface area contributed by atoms with Gasteiger partial charge in [-0.2, -0.15) is 5.26 Å². The molecular formula is C38H32ClF2N3. The lowest BCUT2D eigenvalue weighted by Gasteiger charge is -2.41. The van der Waals surface area contributed by atoms with Crippen molar-refractivity contribution >= 4 is 17.3 Å². The molecule has 0 unspecified atom stereocenters. The molecule has 1 saturated heterocycles. The maximum Gasteiger partial charge on any atom is 0.123 e. The molecule has 0 radical (unpaired) electrons. The average Bonchev–Trinajstić information content (AvgIpc) is 3.06. The molecule has 6 heteroatoms. The third kappa shape index (κ3) is 6.68. The predicted molar refractivity (Wildman–Crippen MR) is 174 cm³/mol. The summed E-state index contributed by atoms with van der Waals surface area (Å²) in [7, 11) is 0. The first-order valence-corrected chi connectivity index (χ1v) is 15.2. The van der Waals surface area contributed by atoms with Crippen LogP contribution in [0.5, 0.6) is 0 Å². The van der Waals surface area contributed by atoms with Crippen LogP contribution in [0.4, 0.5) is 14.5 Å². The van der Waals surface area contributed by atoms with Gasteiger partial charge in [0.15, 0.2) is 0 Å². The number of nitriles is 1. The van der Waals surface area contributed by atoms with E-state index in [0.717, 1.165) is 59.4 Å². The van der Waals surface area contributed by atoms with Crippen LogP contribution in [0.1, 0.15) is 33.9 Å². The zero-order chi connectivity index (χ0) is 30.5. The summed E-state index contributed by atoms with van der Waals surface area (Å²) in [6, 6.07) is 37.9. The summed E-state index contributed by atoms with van der Waals surface area (Å²) in [4.78, 5) is 4.65. The summed E-state index contributed by atoms with van der Waals surface area (Å²) in [5, 5.41) is 11.1. The smallest absolute Gasteiger partial charge is 0.123 e. The lowest BCUT2D eigenvalue weighted by Crippen LogP contribution is -2.48. The van der Waals surface area contributed by atoms with Crippen molar-refractivity contribution in [3.8, 4) is 17.2 Å². The summed E-state index contributed by atoms with van der Waals surface area (Å²) in [5.74, 6) is -0.576. The molecule has 1 fully saturated rings. The maximum atomic E-state index is 13.8. The second-order valence-corrected chi connectivity index (χ2v) is 11.6. The molecular weight excluding hydrogens is 572 g/mol. The van der Waals surface area contributed by atoms with Gasteiger partial charge in [0.25, 0.3) is 0 Å². The molecule has 1 aliphatic rings. The molecule has 6 rings (SSSR count). The molecule has 0 aromatic heterocycles. The molecule has 5 aromatic carbocycles. The number of anilines is 1. The molecule has 0 spiro atoms. The summed E-state index contributed by atoms with van der Waals surface area (Å²) in [5.41, 5.74) is 7.91. The first-order valence-electron chi connectivity index (χ1n) is 14.9.